The molecule has 0 spiro atoms. The van der Waals surface area contributed by atoms with Crippen LogP contribution in [0, 0.1) is 0 Å². The molecule has 150 valence electrons. The number of anilines is 1. The van der Waals surface area contributed by atoms with E-state index in [0.29, 0.717) is 6.54 Å². The number of carbonyl (C=O) groups excluding carboxylic acids is 1. The number of hydrogen-bond donors (Lipinski definition) is 2. The Morgan fingerprint density at radius 1 is 1.14 bits per heavy atom. The highest BCUT2D eigenvalue weighted by molar-refractivity contribution is 14.0. The lowest BCUT2D eigenvalue weighted by Crippen LogP contribution is -2.41. The summed E-state index contributed by atoms with van der Waals surface area (Å²) in [6, 6.07) is 16.0. The molecule has 1 heterocycles. The summed E-state index contributed by atoms with van der Waals surface area (Å²) in [5, 5.41) is 6.20. The average Bonchev–Trinajstić information content (AvgIpc) is 3.14. The first-order valence-electron chi connectivity index (χ1n) is 9.24. The number of nitrogens with zero attached hydrogens (tertiary/aromatic N) is 2. The monoisotopic (exact) mass is 494 g/mol. The molecule has 0 saturated heterocycles. The van der Waals surface area contributed by atoms with Crippen molar-refractivity contribution in [2.24, 2.45) is 4.99 Å². The first-order chi connectivity index (χ1) is 13.2. The molecule has 1 amide bonds. The highest BCUT2D eigenvalue weighted by Gasteiger charge is 2.22. The first-order valence-corrected chi connectivity index (χ1v) is 9.24. The predicted octanol–water partition coefficient (Wildman–Crippen LogP) is 2.96. The number of hydrogen-bond acceptors (Lipinski definition) is 3. The molecule has 0 unspecified atom stereocenters. The van der Waals surface area contributed by atoms with E-state index in [2.05, 4.69) is 38.7 Å². The van der Waals surface area contributed by atoms with Gasteiger partial charge in [0, 0.05) is 25.3 Å². The van der Waals surface area contributed by atoms with E-state index in [1.165, 1.54) is 5.56 Å². The highest BCUT2D eigenvalue weighted by atomic mass is 127. The number of halogens is 1. The van der Waals surface area contributed by atoms with Gasteiger partial charge >= 0.3 is 0 Å². The molecule has 3 rings (SSSR count). The summed E-state index contributed by atoms with van der Waals surface area (Å²) in [5.74, 6) is 1.45. The van der Waals surface area contributed by atoms with Gasteiger partial charge in [-0.2, -0.15) is 0 Å². The maximum absolute atomic E-state index is 12.2. The minimum atomic E-state index is -0.103. The zero-order chi connectivity index (χ0) is 19.1. The van der Waals surface area contributed by atoms with Gasteiger partial charge in [0.15, 0.2) is 5.96 Å². The fourth-order valence-electron chi connectivity index (χ4n) is 3.10. The third-order valence-corrected chi connectivity index (χ3v) is 4.50. The van der Waals surface area contributed by atoms with Gasteiger partial charge in [-0.25, -0.2) is 4.99 Å². The molecule has 0 saturated carbocycles. The number of nitrogens with one attached hydrogen (secondary N) is 2. The number of ether oxygens (including phenoxy) is 1. The van der Waals surface area contributed by atoms with Gasteiger partial charge in [0.1, 0.15) is 12.3 Å². The molecule has 0 atom stereocenters. The molecular weight excluding hydrogens is 467 g/mol. The Balaban J connectivity index is 0.00000280. The SMILES string of the molecule is CCNC(=NCC(=O)NCc1ccc(OC)cc1)N1CCc2ccccc21.I. The summed E-state index contributed by atoms with van der Waals surface area (Å²) >= 11 is 0. The zero-order valence-electron chi connectivity index (χ0n) is 16.3. The maximum Gasteiger partial charge on any atom is 0.242 e. The largest absolute Gasteiger partial charge is 0.497 e. The Bertz CT molecular complexity index is 808. The molecule has 6 nitrogen and oxygen atoms in total. The summed E-state index contributed by atoms with van der Waals surface area (Å²) in [6.07, 6.45) is 0.990. The van der Waals surface area contributed by atoms with Crippen LogP contribution >= 0.6 is 24.0 Å². The van der Waals surface area contributed by atoms with E-state index in [0.717, 1.165) is 42.5 Å². The molecule has 1 aliphatic rings. The minimum Gasteiger partial charge on any atom is -0.497 e. The van der Waals surface area contributed by atoms with Crippen molar-refractivity contribution in [2.45, 2.75) is 19.9 Å². The smallest absolute Gasteiger partial charge is 0.242 e. The van der Waals surface area contributed by atoms with Crippen molar-refractivity contribution in [2.75, 3.05) is 31.6 Å². The molecular formula is C21H27IN4O2. The molecule has 2 aromatic carbocycles. The topological polar surface area (TPSA) is 66.0 Å². The van der Waals surface area contributed by atoms with Crippen molar-refractivity contribution in [3.8, 4) is 5.75 Å². The van der Waals surface area contributed by atoms with Gasteiger partial charge in [0.05, 0.1) is 7.11 Å². The average molecular weight is 494 g/mol. The number of rotatable bonds is 6. The van der Waals surface area contributed by atoms with E-state index in [9.17, 15) is 4.79 Å². The van der Waals surface area contributed by atoms with E-state index in [1.807, 2.05) is 37.3 Å². The molecule has 2 N–H and O–H groups in total. The molecule has 7 heteroatoms. The van der Waals surface area contributed by atoms with Crippen molar-refractivity contribution < 1.29 is 9.53 Å². The van der Waals surface area contributed by atoms with Crippen molar-refractivity contribution in [1.29, 1.82) is 0 Å². The number of carbonyl (C=O) groups is 1. The Kier molecular flexibility index (Phi) is 8.56. The van der Waals surface area contributed by atoms with Crippen molar-refractivity contribution in [3.63, 3.8) is 0 Å². The standard InChI is InChI=1S/C21H26N4O2.HI/c1-3-22-21(25-13-12-17-6-4-5-7-19(17)25)24-15-20(26)23-14-16-8-10-18(27-2)11-9-16;/h4-11H,3,12-15H2,1-2H3,(H,22,24)(H,23,26);1H. The molecule has 28 heavy (non-hydrogen) atoms. The van der Waals surface area contributed by atoms with Crippen LogP contribution in [0.4, 0.5) is 5.69 Å². The Morgan fingerprint density at radius 2 is 1.89 bits per heavy atom. The van der Waals surface area contributed by atoms with Crippen molar-refractivity contribution in [3.05, 3.63) is 59.7 Å². The molecule has 0 aromatic heterocycles. The van der Waals surface area contributed by atoms with E-state index < -0.39 is 0 Å². The molecule has 2 aromatic rings. The second-order valence-electron chi connectivity index (χ2n) is 6.33. The predicted molar refractivity (Wildman–Crippen MR) is 124 cm³/mol. The van der Waals surface area contributed by atoms with Crippen LogP contribution in [-0.2, 0) is 17.8 Å². The normalized spacial score (nSPS) is 12.8. The fourth-order valence-corrected chi connectivity index (χ4v) is 3.10. The molecule has 0 fully saturated rings. The highest BCUT2D eigenvalue weighted by Crippen LogP contribution is 2.27. The van der Waals surface area contributed by atoms with Crippen LogP contribution in [0.15, 0.2) is 53.5 Å². The molecule has 0 bridgehead atoms. The lowest BCUT2D eigenvalue weighted by atomic mass is 10.2. The lowest BCUT2D eigenvalue weighted by molar-refractivity contribution is -0.119. The van der Waals surface area contributed by atoms with E-state index in [1.54, 1.807) is 7.11 Å². The number of benzene rings is 2. The number of fused-ring (bicyclic) bond motifs is 1. The summed E-state index contributed by atoms with van der Waals surface area (Å²) in [7, 11) is 1.63. The minimum absolute atomic E-state index is 0. The van der Waals surface area contributed by atoms with Gasteiger partial charge < -0.3 is 20.3 Å². The van der Waals surface area contributed by atoms with Crippen molar-refractivity contribution in [1.82, 2.24) is 10.6 Å². The maximum atomic E-state index is 12.2. The molecule has 1 aliphatic heterocycles. The second kappa shape index (κ2) is 10.9. The number of guanidine groups is 1. The van der Waals surface area contributed by atoms with Crippen LogP contribution in [-0.4, -0.2) is 38.6 Å². The van der Waals surface area contributed by atoms with Crippen LogP contribution in [0.3, 0.4) is 0 Å². The quantitative estimate of drug-likeness (QED) is 0.368. The third-order valence-electron chi connectivity index (χ3n) is 4.50. The van der Waals surface area contributed by atoms with Gasteiger partial charge in [-0.05, 0) is 42.7 Å². The van der Waals surface area contributed by atoms with Crippen LogP contribution in [0.2, 0.25) is 0 Å². The third kappa shape index (κ3) is 5.60. The first kappa shape index (κ1) is 22.0. The van der Waals surface area contributed by atoms with E-state index in [-0.39, 0.29) is 36.4 Å². The van der Waals surface area contributed by atoms with Crippen molar-refractivity contribution >= 4 is 41.5 Å². The van der Waals surface area contributed by atoms with Crippen LogP contribution in [0.5, 0.6) is 5.75 Å². The number of para-hydroxylation sites is 1. The second-order valence-corrected chi connectivity index (χ2v) is 6.33. The summed E-state index contributed by atoms with van der Waals surface area (Å²) < 4.78 is 5.14. The lowest BCUT2D eigenvalue weighted by Gasteiger charge is -2.22. The molecule has 0 aliphatic carbocycles. The van der Waals surface area contributed by atoms with Gasteiger partial charge in [-0.15, -0.1) is 24.0 Å². The summed E-state index contributed by atoms with van der Waals surface area (Å²) in [6.45, 7) is 4.23. The Hall–Kier alpha value is -2.29. The van der Waals surface area contributed by atoms with Gasteiger partial charge in [0.2, 0.25) is 5.91 Å². The Morgan fingerprint density at radius 3 is 2.61 bits per heavy atom. The van der Waals surface area contributed by atoms with Crippen LogP contribution in [0.25, 0.3) is 0 Å². The zero-order valence-corrected chi connectivity index (χ0v) is 18.6. The van der Waals surface area contributed by atoms with Crippen LogP contribution in [0.1, 0.15) is 18.1 Å². The van der Waals surface area contributed by atoms with Gasteiger partial charge in [0.25, 0.3) is 0 Å². The number of methoxy groups -OCH3 is 1. The van der Waals surface area contributed by atoms with Crippen LogP contribution < -0.4 is 20.3 Å². The Labute approximate surface area is 183 Å². The molecule has 0 radical (unpaired) electrons. The summed E-state index contributed by atoms with van der Waals surface area (Å²) in [4.78, 5) is 18.9. The fraction of sp³-hybridized carbons (Fsp3) is 0.333. The van der Waals surface area contributed by atoms with Gasteiger partial charge in [-0.3, -0.25) is 4.79 Å². The number of amides is 1. The van der Waals surface area contributed by atoms with E-state index >= 15 is 0 Å². The summed E-state index contributed by atoms with van der Waals surface area (Å²) in [5.41, 5.74) is 3.50. The van der Waals surface area contributed by atoms with Gasteiger partial charge in [-0.1, -0.05) is 30.3 Å². The number of aliphatic imine (C=N–C) groups is 1. The van der Waals surface area contributed by atoms with E-state index in [4.69, 9.17) is 4.74 Å².